The predicted octanol–water partition coefficient (Wildman–Crippen LogP) is 1.41. The summed E-state index contributed by atoms with van der Waals surface area (Å²) < 4.78 is 5.01. The minimum Gasteiger partial charge on any atom is -0.779 e. The maximum atomic E-state index is 10.2. The Morgan fingerprint density at radius 1 is 1.39 bits per heavy atom. The van der Waals surface area contributed by atoms with Gasteiger partial charge >= 0.3 is 19.8 Å². The third-order valence-corrected chi connectivity index (χ3v) is 2.67. The maximum absolute atomic E-state index is 10.2. The zero-order valence-electron chi connectivity index (χ0n) is 9.99. The number of nitro benzene ring substituents is 1. The first-order valence-electron chi connectivity index (χ1n) is 5.32. The molecule has 0 bridgehead atoms. The van der Waals surface area contributed by atoms with E-state index in [1.165, 1.54) is 12.1 Å². The number of ether oxygens (including phenoxy) is 1. The molecule has 1 aliphatic rings. The smallest absolute Gasteiger partial charge is 0.779 e. The molecule has 0 spiro atoms. The van der Waals surface area contributed by atoms with Crippen LogP contribution in [-0.2, 0) is 37.2 Å². The number of hydrogen-bond donors (Lipinski definition) is 1. The third-order valence-electron chi connectivity index (χ3n) is 2.23. The van der Waals surface area contributed by atoms with Crippen molar-refractivity contribution in [2.75, 3.05) is 26.3 Å². The van der Waals surface area contributed by atoms with Gasteiger partial charge in [0.1, 0.15) is 0 Å². The molecule has 1 aliphatic heterocycles. The molecule has 0 aromatic heterocycles. The van der Waals surface area contributed by atoms with Crippen molar-refractivity contribution in [2.45, 2.75) is 11.8 Å². The minimum absolute atomic E-state index is 0. The Labute approximate surface area is 125 Å². The molecule has 0 amide bonds. The van der Waals surface area contributed by atoms with Crippen LogP contribution in [0.1, 0.15) is 5.56 Å². The normalized spacial score (nSPS) is 13.8. The number of nitrogens with one attached hydrogen (secondary N) is 1. The average Bonchev–Trinajstić information content (AvgIpc) is 2.35. The van der Waals surface area contributed by atoms with Gasteiger partial charge in [0, 0.05) is 19.2 Å². The summed E-state index contributed by atoms with van der Waals surface area (Å²) in [5.41, 5.74) is 0.950. The molecule has 0 atom stereocenters. The number of rotatable bonds is 1. The topological polar surface area (TPSA) is 64.4 Å². The molecule has 1 aromatic rings. The monoisotopic (exact) mass is 447 g/mol. The molecule has 1 radical (unpaired) electrons. The second-order valence-corrected chi connectivity index (χ2v) is 4.01. The van der Waals surface area contributed by atoms with E-state index in [-0.39, 0.29) is 25.5 Å². The Bertz CT molecular complexity index is 375. The van der Waals surface area contributed by atoms with Gasteiger partial charge in [0.25, 0.3) is 5.69 Å². The Morgan fingerprint density at radius 2 is 2.00 bits per heavy atom. The third kappa shape index (κ3) is 6.36. The molecule has 1 aromatic carbocycles. The van der Waals surface area contributed by atoms with Crippen molar-refractivity contribution < 1.29 is 29.5 Å². The van der Waals surface area contributed by atoms with Crippen LogP contribution < -0.4 is 5.32 Å². The SMILES string of the molecule is C1COCCN1.Cc1ccc([N+](=O)[O-])cc1[S-].[Os+]. The summed E-state index contributed by atoms with van der Waals surface area (Å²) in [4.78, 5) is 10.3. The molecule has 2 rings (SSSR count). The molecule has 1 saturated heterocycles. The molecule has 0 aliphatic carbocycles. The number of non-ortho nitro benzene ring substituents is 1. The summed E-state index contributed by atoms with van der Waals surface area (Å²) in [6.07, 6.45) is 0. The molecule has 0 saturated carbocycles. The fourth-order valence-electron chi connectivity index (χ4n) is 1.22. The van der Waals surface area contributed by atoms with E-state index in [2.05, 4.69) is 5.32 Å². The van der Waals surface area contributed by atoms with Gasteiger partial charge in [-0.05, 0) is 13.0 Å². The summed E-state index contributed by atoms with van der Waals surface area (Å²) in [6, 6.07) is 4.50. The predicted molar refractivity (Wildman–Crippen MR) is 67.2 cm³/mol. The second kappa shape index (κ2) is 9.34. The Balaban J connectivity index is 0.000000352. The summed E-state index contributed by atoms with van der Waals surface area (Å²) in [5.74, 6) is 0. The summed E-state index contributed by atoms with van der Waals surface area (Å²) in [7, 11) is 0. The number of nitrogens with zero attached hydrogens (tertiary/aromatic N) is 1. The van der Waals surface area contributed by atoms with E-state index in [1.54, 1.807) is 6.07 Å². The van der Waals surface area contributed by atoms with E-state index in [1.807, 2.05) is 6.92 Å². The largest absolute Gasteiger partial charge is 1.00 e. The van der Waals surface area contributed by atoms with Gasteiger partial charge in [-0.15, -0.1) is 0 Å². The van der Waals surface area contributed by atoms with E-state index >= 15 is 0 Å². The first-order chi connectivity index (χ1) is 8.11. The van der Waals surface area contributed by atoms with Crippen LogP contribution in [0.2, 0.25) is 0 Å². The van der Waals surface area contributed by atoms with Crippen LogP contribution in [0.3, 0.4) is 0 Å². The Hall–Kier alpha value is -0.604. The van der Waals surface area contributed by atoms with E-state index in [9.17, 15) is 10.1 Å². The standard InChI is InChI=1S/C7H7NO2S.C4H9NO.Os/c1-5-2-3-6(8(9)10)4-7(5)11;1-3-6-4-2-5-1;/h2-4,11H,1H3;5H,1-4H2;/q;;+1/p-1. The van der Waals surface area contributed by atoms with Gasteiger partial charge in [-0.2, -0.15) is 4.90 Å². The van der Waals surface area contributed by atoms with Crippen molar-refractivity contribution in [2.24, 2.45) is 0 Å². The minimum atomic E-state index is -0.449. The zero-order valence-corrected chi connectivity index (χ0v) is 13.4. The molecule has 18 heavy (non-hydrogen) atoms. The van der Waals surface area contributed by atoms with Crippen LogP contribution >= 0.6 is 0 Å². The van der Waals surface area contributed by atoms with Crippen LogP contribution in [-0.4, -0.2) is 31.2 Å². The van der Waals surface area contributed by atoms with E-state index in [0.717, 1.165) is 31.9 Å². The number of nitro groups is 1. The molecule has 101 valence electrons. The van der Waals surface area contributed by atoms with Gasteiger partial charge in [0.2, 0.25) is 0 Å². The van der Waals surface area contributed by atoms with Crippen molar-refractivity contribution in [1.82, 2.24) is 5.32 Å². The van der Waals surface area contributed by atoms with Crippen molar-refractivity contribution >= 4 is 18.3 Å². The zero-order chi connectivity index (χ0) is 12.7. The van der Waals surface area contributed by atoms with Gasteiger partial charge in [-0.25, -0.2) is 0 Å². The van der Waals surface area contributed by atoms with Crippen LogP contribution in [0.15, 0.2) is 23.1 Å². The van der Waals surface area contributed by atoms with Gasteiger partial charge in [-0.1, -0.05) is 11.6 Å². The summed E-state index contributed by atoms with van der Waals surface area (Å²) in [6.45, 7) is 5.66. The fraction of sp³-hybridized carbons (Fsp3) is 0.455. The fourth-order valence-corrected chi connectivity index (χ4v) is 1.41. The second-order valence-electron chi connectivity index (χ2n) is 3.57. The van der Waals surface area contributed by atoms with Crippen LogP contribution in [0.5, 0.6) is 0 Å². The van der Waals surface area contributed by atoms with E-state index in [4.69, 9.17) is 17.4 Å². The molecule has 5 nitrogen and oxygen atoms in total. The van der Waals surface area contributed by atoms with Gasteiger partial charge in [-0.3, -0.25) is 10.1 Å². The molecule has 0 unspecified atom stereocenters. The van der Waals surface area contributed by atoms with E-state index in [0.29, 0.717) is 4.90 Å². The Morgan fingerprint density at radius 3 is 2.33 bits per heavy atom. The van der Waals surface area contributed by atoms with Gasteiger partial charge in [0.05, 0.1) is 18.1 Å². The number of morpholine rings is 1. The number of benzene rings is 1. The molecule has 7 heteroatoms. The van der Waals surface area contributed by atoms with Crippen molar-refractivity contribution in [3.63, 3.8) is 0 Å². The molecular weight excluding hydrogens is 430 g/mol. The molecule has 1 heterocycles. The van der Waals surface area contributed by atoms with Crippen LogP contribution in [0, 0.1) is 17.0 Å². The first kappa shape index (κ1) is 17.4. The molecule has 1 fully saturated rings. The maximum Gasteiger partial charge on any atom is 1.00 e. The van der Waals surface area contributed by atoms with Crippen molar-refractivity contribution in [1.29, 1.82) is 0 Å². The van der Waals surface area contributed by atoms with E-state index < -0.39 is 4.92 Å². The average molecular weight is 446 g/mol. The first-order valence-corrected chi connectivity index (χ1v) is 5.72. The number of aryl methyl sites for hydroxylation is 1. The summed E-state index contributed by atoms with van der Waals surface area (Å²) >= 11 is 4.86. The number of hydrogen-bond acceptors (Lipinski definition) is 5. The Kier molecular flexibility index (Phi) is 9.03. The molecule has 1 N–H and O–H groups in total. The van der Waals surface area contributed by atoms with Crippen molar-refractivity contribution in [3.05, 3.63) is 33.9 Å². The van der Waals surface area contributed by atoms with Crippen molar-refractivity contribution in [3.8, 4) is 0 Å². The quantitative estimate of drug-likeness (QED) is 0.402. The van der Waals surface area contributed by atoms with Gasteiger partial charge in [0.15, 0.2) is 0 Å². The van der Waals surface area contributed by atoms with Crippen LogP contribution in [0.25, 0.3) is 0 Å². The summed E-state index contributed by atoms with van der Waals surface area (Å²) in [5, 5.41) is 13.4. The van der Waals surface area contributed by atoms with Crippen LogP contribution in [0.4, 0.5) is 5.69 Å². The van der Waals surface area contributed by atoms with Gasteiger partial charge < -0.3 is 22.7 Å². The molecular formula is C11H15N2O3OsS.